The molecular formula is C22H25BN2O4. The molecule has 7 heteroatoms. The van der Waals surface area contributed by atoms with E-state index in [1.54, 1.807) is 31.2 Å². The molecule has 1 heterocycles. The minimum Gasteiger partial charge on any atom is -0.380 e. The first-order valence-electron chi connectivity index (χ1n) is 9.63. The van der Waals surface area contributed by atoms with Gasteiger partial charge in [-0.2, -0.15) is 0 Å². The van der Waals surface area contributed by atoms with Crippen LogP contribution in [-0.2, 0) is 22.6 Å². The second-order valence-corrected chi connectivity index (χ2v) is 7.46. The molecule has 3 rings (SSSR count). The summed E-state index contributed by atoms with van der Waals surface area (Å²) in [6.07, 6.45) is -2.97. The van der Waals surface area contributed by atoms with Gasteiger partial charge in [0.1, 0.15) is 7.85 Å². The lowest BCUT2D eigenvalue weighted by atomic mass is 9.94. The van der Waals surface area contributed by atoms with Crippen LogP contribution in [0, 0.1) is 0 Å². The fraction of sp³-hybridized carbons (Fsp3) is 0.364. The van der Waals surface area contributed by atoms with E-state index in [0.29, 0.717) is 25.0 Å². The average Bonchev–Trinajstić information content (AvgIpc) is 2.76. The molecule has 0 aliphatic carbocycles. The Labute approximate surface area is 172 Å². The number of rotatable bonds is 5. The topological polar surface area (TPSA) is 81.1 Å². The Morgan fingerprint density at radius 2 is 1.66 bits per heavy atom. The maximum Gasteiger partial charge on any atom is 0.255 e. The molecule has 0 bridgehead atoms. The van der Waals surface area contributed by atoms with Crippen molar-refractivity contribution < 1.29 is 19.8 Å². The molecule has 2 radical (unpaired) electrons. The quantitative estimate of drug-likeness (QED) is 0.718. The van der Waals surface area contributed by atoms with Crippen molar-refractivity contribution in [1.82, 2.24) is 9.80 Å². The van der Waals surface area contributed by atoms with Crippen LogP contribution in [0.3, 0.4) is 0 Å². The summed E-state index contributed by atoms with van der Waals surface area (Å²) in [6.45, 7) is 2.59. The molecule has 1 aliphatic rings. The van der Waals surface area contributed by atoms with Crippen LogP contribution in [0.15, 0.2) is 48.5 Å². The Kier molecular flexibility index (Phi) is 6.40. The summed E-state index contributed by atoms with van der Waals surface area (Å²) in [5.41, 5.74) is 3.61. The standard InChI is InChI=1S/C22H25BN2O4/c1-14(15-7-9-18(23)10-8-15)24(2)21(28)19(26)20(27)22(29)25-12-11-16-5-3-4-6-17(16)13-25/h3-10,14,19-20,26-27H,11-13H2,1-2H3/t14-,19-,20-/m0/s1. The lowest BCUT2D eigenvalue weighted by Gasteiger charge is -2.33. The highest BCUT2D eigenvalue weighted by atomic mass is 16.3. The highest BCUT2D eigenvalue weighted by Gasteiger charge is 2.36. The molecule has 2 aromatic carbocycles. The van der Waals surface area contributed by atoms with E-state index < -0.39 is 24.0 Å². The number of carbonyl (C=O) groups is 2. The molecule has 0 spiro atoms. The first-order chi connectivity index (χ1) is 13.8. The number of carbonyl (C=O) groups excluding carboxylic acids is 2. The Balaban J connectivity index is 1.65. The monoisotopic (exact) mass is 392 g/mol. The van der Waals surface area contributed by atoms with Crippen LogP contribution in [0.25, 0.3) is 0 Å². The predicted octanol–water partition coefficient (Wildman–Crippen LogP) is 0.306. The molecular weight excluding hydrogens is 367 g/mol. The number of benzene rings is 2. The summed E-state index contributed by atoms with van der Waals surface area (Å²) >= 11 is 0. The van der Waals surface area contributed by atoms with Crippen LogP contribution < -0.4 is 5.46 Å². The summed E-state index contributed by atoms with van der Waals surface area (Å²) in [7, 11) is 7.22. The van der Waals surface area contributed by atoms with Crippen molar-refractivity contribution in [2.24, 2.45) is 0 Å². The van der Waals surface area contributed by atoms with Gasteiger partial charge in [-0.1, -0.05) is 54.0 Å². The summed E-state index contributed by atoms with van der Waals surface area (Å²) in [4.78, 5) is 28.2. The van der Waals surface area contributed by atoms with Crippen LogP contribution in [0.4, 0.5) is 0 Å². The van der Waals surface area contributed by atoms with Gasteiger partial charge in [0, 0.05) is 20.1 Å². The molecule has 0 unspecified atom stereocenters. The van der Waals surface area contributed by atoms with E-state index in [1.807, 2.05) is 24.3 Å². The first kappa shape index (κ1) is 21.1. The average molecular weight is 392 g/mol. The fourth-order valence-corrected chi connectivity index (χ4v) is 3.54. The largest absolute Gasteiger partial charge is 0.380 e. The molecule has 2 aromatic rings. The van der Waals surface area contributed by atoms with Gasteiger partial charge < -0.3 is 20.0 Å². The summed E-state index contributed by atoms with van der Waals surface area (Å²) in [6, 6.07) is 14.5. The third-order valence-corrected chi connectivity index (χ3v) is 5.59. The third-order valence-electron chi connectivity index (χ3n) is 5.59. The van der Waals surface area contributed by atoms with Gasteiger partial charge in [0.05, 0.1) is 6.04 Å². The zero-order valence-electron chi connectivity index (χ0n) is 16.7. The van der Waals surface area contributed by atoms with Gasteiger partial charge in [-0.3, -0.25) is 9.59 Å². The van der Waals surface area contributed by atoms with Crippen molar-refractivity contribution in [3.8, 4) is 0 Å². The van der Waals surface area contributed by atoms with Crippen LogP contribution in [0.5, 0.6) is 0 Å². The van der Waals surface area contributed by atoms with Crippen molar-refractivity contribution in [1.29, 1.82) is 0 Å². The van der Waals surface area contributed by atoms with Gasteiger partial charge in [0.15, 0.2) is 12.2 Å². The lowest BCUT2D eigenvalue weighted by Crippen LogP contribution is -2.52. The first-order valence-corrected chi connectivity index (χ1v) is 9.63. The molecule has 2 amide bonds. The molecule has 2 N–H and O–H groups in total. The molecule has 29 heavy (non-hydrogen) atoms. The maximum atomic E-state index is 12.7. The molecule has 0 fully saturated rings. The van der Waals surface area contributed by atoms with Crippen molar-refractivity contribution in [3.05, 3.63) is 65.2 Å². The van der Waals surface area contributed by atoms with E-state index in [4.69, 9.17) is 7.85 Å². The molecule has 0 saturated carbocycles. The third kappa shape index (κ3) is 4.52. The Morgan fingerprint density at radius 1 is 1.03 bits per heavy atom. The SMILES string of the molecule is [B]c1ccc([C@H](C)N(C)C(=O)[C@@H](O)[C@H](O)C(=O)N2CCc3ccccc3C2)cc1. The number of nitrogens with zero attached hydrogens (tertiary/aromatic N) is 2. The minimum absolute atomic E-state index is 0.352. The molecule has 6 nitrogen and oxygen atoms in total. The Hall–Kier alpha value is -2.64. The maximum absolute atomic E-state index is 12.7. The molecule has 1 aliphatic heterocycles. The lowest BCUT2D eigenvalue weighted by molar-refractivity contribution is -0.159. The zero-order chi connectivity index (χ0) is 21.1. The Bertz CT molecular complexity index is 887. The second kappa shape index (κ2) is 8.80. The number of hydrogen-bond acceptors (Lipinski definition) is 4. The Morgan fingerprint density at radius 3 is 2.31 bits per heavy atom. The number of hydrogen-bond donors (Lipinski definition) is 2. The minimum atomic E-state index is -1.83. The number of amides is 2. The highest BCUT2D eigenvalue weighted by molar-refractivity contribution is 6.32. The van der Waals surface area contributed by atoms with Crippen LogP contribution in [0.1, 0.15) is 29.7 Å². The molecule has 0 aromatic heterocycles. The van der Waals surface area contributed by atoms with E-state index in [2.05, 4.69) is 0 Å². The van der Waals surface area contributed by atoms with E-state index in [0.717, 1.165) is 11.1 Å². The van der Waals surface area contributed by atoms with Gasteiger partial charge in [0.25, 0.3) is 11.8 Å². The zero-order valence-corrected chi connectivity index (χ0v) is 16.7. The number of fused-ring (bicyclic) bond motifs is 1. The molecule has 0 saturated heterocycles. The van der Waals surface area contributed by atoms with E-state index in [9.17, 15) is 19.8 Å². The van der Waals surface area contributed by atoms with E-state index >= 15 is 0 Å². The number of aliphatic hydroxyl groups excluding tert-OH is 2. The van der Waals surface area contributed by atoms with Gasteiger partial charge in [-0.05, 0) is 30.0 Å². The van der Waals surface area contributed by atoms with Gasteiger partial charge in [0.2, 0.25) is 0 Å². The van der Waals surface area contributed by atoms with Crippen molar-refractivity contribution >= 4 is 25.1 Å². The van der Waals surface area contributed by atoms with Crippen molar-refractivity contribution in [2.45, 2.75) is 38.1 Å². The van der Waals surface area contributed by atoms with E-state index in [1.165, 1.54) is 22.4 Å². The van der Waals surface area contributed by atoms with Gasteiger partial charge in [-0.15, -0.1) is 0 Å². The number of likely N-dealkylation sites (N-methyl/N-ethyl adjacent to an activating group) is 1. The van der Waals surface area contributed by atoms with Crippen molar-refractivity contribution in [3.63, 3.8) is 0 Å². The van der Waals surface area contributed by atoms with Crippen LogP contribution >= 0.6 is 0 Å². The fourth-order valence-electron chi connectivity index (χ4n) is 3.54. The highest BCUT2D eigenvalue weighted by Crippen LogP contribution is 2.21. The summed E-state index contributed by atoms with van der Waals surface area (Å²) in [5, 5.41) is 20.8. The van der Waals surface area contributed by atoms with E-state index in [-0.39, 0.29) is 6.04 Å². The van der Waals surface area contributed by atoms with Crippen molar-refractivity contribution in [2.75, 3.05) is 13.6 Å². The predicted molar refractivity (Wildman–Crippen MR) is 111 cm³/mol. The van der Waals surface area contributed by atoms with Crippen LogP contribution in [0.2, 0.25) is 0 Å². The van der Waals surface area contributed by atoms with Crippen LogP contribution in [-0.4, -0.2) is 65.5 Å². The second-order valence-electron chi connectivity index (χ2n) is 7.46. The summed E-state index contributed by atoms with van der Waals surface area (Å²) < 4.78 is 0. The van der Waals surface area contributed by atoms with Gasteiger partial charge in [-0.25, -0.2) is 0 Å². The number of aliphatic hydroxyl groups is 2. The normalized spacial score (nSPS) is 16.5. The van der Waals surface area contributed by atoms with Gasteiger partial charge >= 0.3 is 0 Å². The summed E-state index contributed by atoms with van der Waals surface area (Å²) in [5.74, 6) is -1.36. The molecule has 3 atom stereocenters. The smallest absolute Gasteiger partial charge is 0.255 e. The molecule has 150 valence electrons.